The second-order valence-electron chi connectivity index (χ2n) is 5.32. The van der Waals surface area contributed by atoms with Crippen LogP contribution in [-0.4, -0.2) is 27.2 Å². The summed E-state index contributed by atoms with van der Waals surface area (Å²) in [6.07, 6.45) is 5.90. The summed E-state index contributed by atoms with van der Waals surface area (Å²) < 4.78 is 7.04. The minimum Gasteiger partial charge on any atom is -0.352 e. The summed E-state index contributed by atoms with van der Waals surface area (Å²) in [6.45, 7) is 2.22. The number of fused-ring (bicyclic) bond motifs is 1. The van der Waals surface area contributed by atoms with Crippen molar-refractivity contribution >= 4 is 22.9 Å². The maximum absolute atomic E-state index is 11.9. The normalized spacial score (nSPS) is 11.4. The van der Waals surface area contributed by atoms with E-state index in [4.69, 9.17) is 4.52 Å². The third-order valence-corrected chi connectivity index (χ3v) is 3.55. The molecule has 0 spiro atoms. The number of amides is 1. The van der Waals surface area contributed by atoms with Crippen molar-refractivity contribution in [3.8, 4) is 0 Å². The van der Waals surface area contributed by atoms with E-state index in [0.29, 0.717) is 24.7 Å². The monoisotopic (exact) mass is 310 g/mol. The van der Waals surface area contributed by atoms with Gasteiger partial charge in [-0.3, -0.25) is 4.79 Å². The van der Waals surface area contributed by atoms with Gasteiger partial charge in [-0.25, -0.2) is 0 Å². The number of carbonyl (C=O) groups is 1. The zero-order valence-electron chi connectivity index (χ0n) is 13.1. The lowest BCUT2D eigenvalue weighted by atomic mass is 10.1. The average molecular weight is 310 g/mol. The van der Waals surface area contributed by atoms with E-state index in [9.17, 15) is 4.79 Å². The fourth-order valence-corrected chi connectivity index (χ4v) is 2.46. The molecule has 0 aliphatic carbocycles. The van der Waals surface area contributed by atoms with Gasteiger partial charge < -0.3 is 14.4 Å². The van der Waals surface area contributed by atoms with Crippen LogP contribution >= 0.6 is 0 Å². The molecule has 0 aliphatic rings. The van der Waals surface area contributed by atoms with Crippen molar-refractivity contribution in [3.63, 3.8) is 0 Å². The number of aromatic nitrogens is 3. The van der Waals surface area contributed by atoms with Crippen molar-refractivity contribution in [3.05, 3.63) is 53.8 Å². The van der Waals surface area contributed by atoms with Crippen LogP contribution in [0.3, 0.4) is 0 Å². The summed E-state index contributed by atoms with van der Waals surface area (Å²) in [6, 6.07) is 8.10. The van der Waals surface area contributed by atoms with Gasteiger partial charge in [-0.2, -0.15) is 4.98 Å². The molecule has 6 nitrogen and oxygen atoms in total. The van der Waals surface area contributed by atoms with Crippen molar-refractivity contribution in [2.45, 2.75) is 13.3 Å². The van der Waals surface area contributed by atoms with Crippen LogP contribution in [0.5, 0.6) is 0 Å². The van der Waals surface area contributed by atoms with Gasteiger partial charge in [0.1, 0.15) is 0 Å². The first-order valence-corrected chi connectivity index (χ1v) is 7.42. The fourth-order valence-electron chi connectivity index (χ4n) is 2.46. The van der Waals surface area contributed by atoms with Crippen LogP contribution < -0.4 is 5.32 Å². The van der Waals surface area contributed by atoms with E-state index in [1.807, 2.05) is 42.1 Å². The number of aryl methyl sites for hydroxylation is 2. The molecule has 0 unspecified atom stereocenters. The van der Waals surface area contributed by atoms with E-state index >= 15 is 0 Å². The van der Waals surface area contributed by atoms with Crippen molar-refractivity contribution in [2.24, 2.45) is 7.05 Å². The Bertz CT molecular complexity index is 860. The number of para-hydroxylation sites is 1. The number of benzene rings is 1. The summed E-state index contributed by atoms with van der Waals surface area (Å²) in [4.78, 5) is 16.0. The standard InChI is InChI=1S/C17H18N4O2/c1-12-19-17(23-20-12)9-10-18-16(22)8-7-13-11-21(2)15-6-4-3-5-14(13)15/h3-8,11H,9-10H2,1-2H3,(H,18,22)/b8-7-. The molecule has 118 valence electrons. The first kappa shape index (κ1) is 15.0. The highest BCUT2D eigenvalue weighted by molar-refractivity contribution is 5.96. The van der Waals surface area contributed by atoms with Gasteiger partial charge in [0.15, 0.2) is 5.82 Å². The third-order valence-electron chi connectivity index (χ3n) is 3.55. The summed E-state index contributed by atoms with van der Waals surface area (Å²) in [5.41, 5.74) is 2.16. The van der Waals surface area contributed by atoms with Crippen LogP contribution in [0.2, 0.25) is 0 Å². The molecule has 1 N–H and O–H groups in total. The van der Waals surface area contributed by atoms with E-state index in [2.05, 4.69) is 21.5 Å². The van der Waals surface area contributed by atoms with Gasteiger partial charge in [-0.05, 0) is 19.1 Å². The Labute approximate surface area is 133 Å². The second kappa shape index (κ2) is 6.48. The lowest BCUT2D eigenvalue weighted by Crippen LogP contribution is -2.23. The first-order chi connectivity index (χ1) is 11.1. The predicted molar refractivity (Wildman–Crippen MR) is 87.7 cm³/mol. The number of rotatable bonds is 5. The van der Waals surface area contributed by atoms with Gasteiger partial charge in [0.05, 0.1) is 0 Å². The average Bonchev–Trinajstić information content (AvgIpc) is 3.10. The zero-order valence-corrected chi connectivity index (χ0v) is 13.1. The largest absolute Gasteiger partial charge is 0.352 e. The minimum absolute atomic E-state index is 0.144. The topological polar surface area (TPSA) is 73.0 Å². The van der Waals surface area contributed by atoms with E-state index in [1.165, 1.54) is 0 Å². The number of hydrogen-bond donors (Lipinski definition) is 1. The quantitative estimate of drug-likeness (QED) is 0.734. The molecule has 0 aliphatic heterocycles. The molecule has 0 bridgehead atoms. The highest BCUT2D eigenvalue weighted by atomic mass is 16.5. The van der Waals surface area contributed by atoms with Gasteiger partial charge >= 0.3 is 0 Å². The van der Waals surface area contributed by atoms with Crippen LogP contribution in [-0.2, 0) is 18.3 Å². The predicted octanol–water partition coefficient (Wildman–Crippen LogP) is 2.24. The Kier molecular flexibility index (Phi) is 4.23. The second-order valence-corrected chi connectivity index (χ2v) is 5.32. The Morgan fingerprint density at radius 3 is 3.00 bits per heavy atom. The van der Waals surface area contributed by atoms with E-state index in [0.717, 1.165) is 16.5 Å². The van der Waals surface area contributed by atoms with Crippen molar-refractivity contribution in [1.29, 1.82) is 0 Å². The van der Waals surface area contributed by atoms with E-state index < -0.39 is 0 Å². The van der Waals surface area contributed by atoms with Crippen LogP contribution in [0.4, 0.5) is 0 Å². The highest BCUT2D eigenvalue weighted by Gasteiger charge is 2.05. The van der Waals surface area contributed by atoms with Crippen LogP contribution in [0.25, 0.3) is 17.0 Å². The lowest BCUT2D eigenvalue weighted by Gasteiger charge is -1.98. The summed E-state index contributed by atoms with van der Waals surface area (Å²) >= 11 is 0. The fraction of sp³-hybridized carbons (Fsp3) is 0.235. The molecule has 1 aromatic carbocycles. The smallest absolute Gasteiger partial charge is 0.244 e. The zero-order chi connectivity index (χ0) is 16.2. The lowest BCUT2D eigenvalue weighted by molar-refractivity contribution is -0.116. The number of carbonyl (C=O) groups excluding carboxylic acids is 1. The van der Waals surface area contributed by atoms with Crippen molar-refractivity contribution in [2.75, 3.05) is 6.54 Å². The number of hydrogen-bond acceptors (Lipinski definition) is 4. The third kappa shape index (κ3) is 3.48. The Hall–Kier alpha value is -2.89. The Morgan fingerprint density at radius 1 is 1.39 bits per heavy atom. The van der Waals surface area contributed by atoms with Gasteiger partial charge in [0.2, 0.25) is 11.8 Å². The van der Waals surface area contributed by atoms with Gasteiger partial charge in [-0.15, -0.1) is 0 Å². The van der Waals surface area contributed by atoms with Crippen LogP contribution in [0, 0.1) is 6.92 Å². The minimum atomic E-state index is -0.144. The van der Waals surface area contributed by atoms with Gasteiger partial charge in [0, 0.05) is 48.8 Å². The molecule has 1 amide bonds. The number of nitrogens with zero attached hydrogens (tertiary/aromatic N) is 3. The number of nitrogens with one attached hydrogen (secondary N) is 1. The highest BCUT2D eigenvalue weighted by Crippen LogP contribution is 2.21. The molecule has 3 aromatic rings. The first-order valence-electron chi connectivity index (χ1n) is 7.42. The molecule has 0 atom stereocenters. The molecule has 0 fully saturated rings. The summed E-state index contributed by atoms with van der Waals surface area (Å²) in [5, 5.41) is 7.64. The molecule has 3 rings (SSSR count). The molecular weight excluding hydrogens is 292 g/mol. The molecule has 2 heterocycles. The Morgan fingerprint density at radius 2 is 2.22 bits per heavy atom. The maximum atomic E-state index is 11.9. The molecule has 6 heteroatoms. The molecule has 0 radical (unpaired) electrons. The molecule has 2 aromatic heterocycles. The Balaban J connectivity index is 1.59. The molecule has 0 saturated carbocycles. The SMILES string of the molecule is Cc1noc(CCNC(=O)/C=C\c2cn(C)c3ccccc23)n1. The summed E-state index contributed by atoms with van der Waals surface area (Å²) in [5.74, 6) is 0.984. The van der Waals surface area contributed by atoms with Crippen LogP contribution in [0.15, 0.2) is 41.1 Å². The molecule has 23 heavy (non-hydrogen) atoms. The van der Waals surface area contributed by atoms with Gasteiger partial charge in [-0.1, -0.05) is 23.4 Å². The molecular formula is C17H18N4O2. The molecule has 0 saturated heterocycles. The van der Waals surface area contributed by atoms with Crippen molar-refractivity contribution in [1.82, 2.24) is 20.0 Å². The van der Waals surface area contributed by atoms with Gasteiger partial charge in [0.25, 0.3) is 0 Å². The van der Waals surface area contributed by atoms with E-state index in [1.54, 1.807) is 13.0 Å². The van der Waals surface area contributed by atoms with Crippen molar-refractivity contribution < 1.29 is 9.32 Å². The maximum Gasteiger partial charge on any atom is 0.244 e. The van der Waals surface area contributed by atoms with E-state index in [-0.39, 0.29) is 5.91 Å². The van der Waals surface area contributed by atoms with Crippen LogP contribution in [0.1, 0.15) is 17.3 Å². The summed E-state index contributed by atoms with van der Waals surface area (Å²) in [7, 11) is 1.99.